The van der Waals surface area contributed by atoms with Crippen molar-refractivity contribution in [2.75, 3.05) is 12.4 Å². The molecule has 142 valence electrons. The van der Waals surface area contributed by atoms with Gasteiger partial charge < -0.3 is 10.2 Å². The van der Waals surface area contributed by atoms with Crippen molar-refractivity contribution in [1.82, 2.24) is 14.9 Å². The molecular weight excluding hydrogens is 373 g/mol. The van der Waals surface area contributed by atoms with Gasteiger partial charge in [0, 0.05) is 30.0 Å². The molecule has 1 atom stereocenters. The standard InChI is InChI=1S/C19H19F3N4S/c1-11-7-13(15-10-26(2)17(27-15)12-3-4-12)9-14(8-11)24-18-23-6-5-16(25-18)19(20,21)22/h5-10,12,17H,3-4H2,1-2H3,(H,23,24,25). The third kappa shape index (κ3) is 4.05. The number of halogens is 3. The lowest BCUT2D eigenvalue weighted by Crippen LogP contribution is -2.21. The number of aromatic nitrogens is 2. The molecule has 1 aromatic heterocycles. The second kappa shape index (κ2) is 6.74. The normalized spacial score (nSPS) is 20.0. The van der Waals surface area contributed by atoms with E-state index in [2.05, 4.69) is 39.5 Å². The number of nitrogens with one attached hydrogen (secondary N) is 1. The second-order valence-corrected chi connectivity index (χ2v) is 8.14. The van der Waals surface area contributed by atoms with Crippen LogP contribution in [-0.4, -0.2) is 27.3 Å². The van der Waals surface area contributed by atoms with Gasteiger partial charge in [0.1, 0.15) is 5.69 Å². The van der Waals surface area contributed by atoms with Gasteiger partial charge in [-0.3, -0.25) is 0 Å². The van der Waals surface area contributed by atoms with Gasteiger partial charge in [0.15, 0.2) is 0 Å². The topological polar surface area (TPSA) is 41.1 Å². The molecule has 27 heavy (non-hydrogen) atoms. The van der Waals surface area contributed by atoms with Crippen LogP contribution in [0.15, 0.2) is 36.7 Å². The Balaban J connectivity index is 1.57. The molecule has 0 bridgehead atoms. The Morgan fingerprint density at radius 1 is 1.22 bits per heavy atom. The fourth-order valence-electron chi connectivity index (χ4n) is 3.16. The van der Waals surface area contributed by atoms with Gasteiger partial charge in [-0.1, -0.05) is 17.8 Å². The van der Waals surface area contributed by atoms with Crippen molar-refractivity contribution in [1.29, 1.82) is 0 Å². The molecule has 1 N–H and O–H groups in total. The van der Waals surface area contributed by atoms with Crippen LogP contribution in [-0.2, 0) is 6.18 Å². The summed E-state index contributed by atoms with van der Waals surface area (Å²) < 4.78 is 38.5. The molecule has 8 heteroatoms. The number of thioether (sulfide) groups is 1. The van der Waals surface area contributed by atoms with E-state index >= 15 is 0 Å². The highest BCUT2D eigenvalue weighted by atomic mass is 32.2. The minimum Gasteiger partial charge on any atom is -0.367 e. The van der Waals surface area contributed by atoms with E-state index in [1.807, 2.05) is 30.8 Å². The van der Waals surface area contributed by atoms with Crippen LogP contribution < -0.4 is 5.32 Å². The molecule has 1 saturated carbocycles. The summed E-state index contributed by atoms with van der Waals surface area (Å²) in [6.45, 7) is 1.96. The predicted molar refractivity (Wildman–Crippen MR) is 101 cm³/mol. The van der Waals surface area contributed by atoms with Gasteiger partial charge in [-0.25, -0.2) is 9.97 Å². The number of alkyl halides is 3. The second-order valence-electron chi connectivity index (χ2n) is 6.98. The maximum absolute atomic E-state index is 12.8. The fraction of sp³-hybridized carbons (Fsp3) is 0.368. The molecule has 0 radical (unpaired) electrons. The minimum atomic E-state index is -4.50. The van der Waals surface area contributed by atoms with Crippen LogP contribution >= 0.6 is 11.8 Å². The third-order valence-corrected chi connectivity index (χ3v) is 6.11. The zero-order valence-electron chi connectivity index (χ0n) is 14.9. The lowest BCUT2D eigenvalue weighted by atomic mass is 10.1. The number of anilines is 2. The van der Waals surface area contributed by atoms with Crippen molar-refractivity contribution in [3.05, 3.63) is 53.5 Å². The molecule has 1 unspecified atom stereocenters. The Kier molecular flexibility index (Phi) is 4.53. The monoisotopic (exact) mass is 392 g/mol. The zero-order chi connectivity index (χ0) is 19.2. The highest BCUT2D eigenvalue weighted by Gasteiger charge is 2.37. The predicted octanol–water partition coefficient (Wildman–Crippen LogP) is 5.26. The van der Waals surface area contributed by atoms with Gasteiger partial charge in [0.2, 0.25) is 5.95 Å². The summed E-state index contributed by atoms with van der Waals surface area (Å²) in [5.41, 5.74) is 1.77. The number of rotatable bonds is 4. The van der Waals surface area contributed by atoms with Crippen LogP contribution in [0.5, 0.6) is 0 Å². The summed E-state index contributed by atoms with van der Waals surface area (Å²) in [4.78, 5) is 10.9. The van der Waals surface area contributed by atoms with Crippen molar-refractivity contribution in [3.8, 4) is 0 Å². The van der Waals surface area contributed by atoms with Crippen LogP contribution in [0.2, 0.25) is 0 Å². The molecule has 4 rings (SSSR count). The quantitative estimate of drug-likeness (QED) is 0.769. The molecule has 0 saturated heterocycles. The van der Waals surface area contributed by atoms with E-state index in [0.29, 0.717) is 11.1 Å². The van der Waals surface area contributed by atoms with Gasteiger partial charge in [-0.15, -0.1) is 0 Å². The Bertz CT molecular complexity index is 893. The van der Waals surface area contributed by atoms with Gasteiger partial charge >= 0.3 is 6.18 Å². The molecular formula is C19H19F3N4S. The Hall–Kier alpha value is -2.22. The van der Waals surface area contributed by atoms with Gasteiger partial charge in [-0.2, -0.15) is 13.2 Å². The highest BCUT2D eigenvalue weighted by molar-refractivity contribution is 8.09. The van der Waals surface area contributed by atoms with Crippen molar-refractivity contribution in [3.63, 3.8) is 0 Å². The smallest absolute Gasteiger partial charge is 0.367 e. The molecule has 2 heterocycles. The van der Waals surface area contributed by atoms with E-state index < -0.39 is 11.9 Å². The van der Waals surface area contributed by atoms with Gasteiger partial charge in [0.05, 0.1) is 5.37 Å². The summed E-state index contributed by atoms with van der Waals surface area (Å²) in [6.07, 6.45) is 1.31. The molecule has 0 amide bonds. The first-order chi connectivity index (χ1) is 12.8. The minimum absolute atomic E-state index is 0.0672. The summed E-state index contributed by atoms with van der Waals surface area (Å²) >= 11 is 1.85. The molecule has 4 nitrogen and oxygen atoms in total. The maximum Gasteiger partial charge on any atom is 0.433 e. The molecule has 1 fully saturated rings. The van der Waals surface area contributed by atoms with Crippen molar-refractivity contribution >= 4 is 28.3 Å². The Labute approximate surface area is 159 Å². The molecule has 1 aliphatic heterocycles. The van der Waals surface area contributed by atoms with Gasteiger partial charge in [0.25, 0.3) is 0 Å². The van der Waals surface area contributed by atoms with E-state index in [1.165, 1.54) is 17.7 Å². The summed E-state index contributed by atoms with van der Waals surface area (Å²) in [7, 11) is 2.09. The molecule has 1 aliphatic carbocycles. The maximum atomic E-state index is 12.8. The van der Waals surface area contributed by atoms with Crippen LogP contribution in [0, 0.1) is 12.8 Å². The number of hydrogen-bond acceptors (Lipinski definition) is 5. The first-order valence-corrected chi connectivity index (χ1v) is 9.57. The number of hydrogen-bond donors (Lipinski definition) is 1. The summed E-state index contributed by atoms with van der Waals surface area (Å²) in [6, 6.07) is 6.74. The first kappa shape index (κ1) is 18.2. The fourth-order valence-corrected chi connectivity index (χ4v) is 4.59. The van der Waals surface area contributed by atoms with E-state index in [0.717, 1.165) is 29.3 Å². The van der Waals surface area contributed by atoms with E-state index in [1.54, 1.807) is 0 Å². The van der Waals surface area contributed by atoms with Crippen molar-refractivity contribution < 1.29 is 13.2 Å². The molecule has 0 spiro atoms. The molecule has 1 aromatic carbocycles. The van der Waals surface area contributed by atoms with Gasteiger partial charge in [-0.05, 0) is 55.0 Å². The number of benzene rings is 1. The number of nitrogens with zero attached hydrogens (tertiary/aromatic N) is 3. The van der Waals surface area contributed by atoms with E-state index in [-0.39, 0.29) is 5.95 Å². The summed E-state index contributed by atoms with van der Waals surface area (Å²) in [5.74, 6) is 0.678. The molecule has 2 aliphatic rings. The largest absolute Gasteiger partial charge is 0.433 e. The Morgan fingerprint density at radius 3 is 2.70 bits per heavy atom. The van der Waals surface area contributed by atoms with Crippen molar-refractivity contribution in [2.24, 2.45) is 5.92 Å². The average Bonchev–Trinajstić information content (AvgIpc) is 3.36. The number of aryl methyl sites for hydroxylation is 1. The van der Waals surface area contributed by atoms with Crippen molar-refractivity contribution in [2.45, 2.75) is 31.3 Å². The van der Waals surface area contributed by atoms with Crippen LogP contribution in [0.1, 0.15) is 29.7 Å². The van der Waals surface area contributed by atoms with Crippen LogP contribution in [0.4, 0.5) is 24.8 Å². The Morgan fingerprint density at radius 2 is 2.00 bits per heavy atom. The SMILES string of the molecule is Cc1cc(Nc2nccc(C(F)(F)F)n2)cc(C2=CN(C)C(C3CC3)S2)c1. The van der Waals surface area contributed by atoms with Crippen LogP contribution in [0.25, 0.3) is 4.91 Å². The molecule has 2 aromatic rings. The van der Waals surface area contributed by atoms with E-state index in [4.69, 9.17) is 0 Å². The zero-order valence-corrected chi connectivity index (χ0v) is 15.7. The third-order valence-electron chi connectivity index (χ3n) is 4.56. The summed E-state index contributed by atoms with van der Waals surface area (Å²) in [5, 5.41) is 3.38. The van der Waals surface area contributed by atoms with E-state index in [9.17, 15) is 13.2 Å². The lowest BCUT2D eigenvalue weighted by molar-refractivity contribution is -0.141. The lowest BCUT2D eigenvalue weighted by Gasteiger charge is -2.18. The van der Waals surface area contributed by atoms with Crippen LogP contribution in [0.3, 0.4) is 0 Å². The highest BCUT2D eigenvalue weighted by Crippen LogP contribution is 2.49. The first-order valence-electron chi connectivity index (χ1n) is 8.69. The average molecular weight is 392 g/mol.